The quantitative estimate of drug-likeness (QED) is 0.196. The number of aryl methyl sites for hydroxylation is 3. The number of hydrogen-bond acceptors (Lipinski definition) is 11. The first-order chi connectivity index (χ1) is 32.3. The first-order valence-electron chi connectivity index (χ1n) is 20.7. The van der Waals surface area contributed by atoms with Crippen molar-refractivity contribution in [2.45, 2.75) is 27.7 Å². The number of benzene rings is 1. The third kappa shape index (κ3) is 14.7. The summed E-state index contributed by atoms with van der Waals surface area (Å²) in [6.45, 7) is 3.89. The Kier molecular flexibility index (Phi) is 18.7. The Balaban J connectivity index is 0.000000535. The Bertz CT molecular complexity index is 2760. The van der Waals surface area contributed by atoms with E-state index in [0.717, 1.165) is 117 Å². The molecule has 9 rings (SSSR count). The van der Waals surface area contributed by atoms with Crippen molar-refractivity contribution in [1.82, 2.24) is 19.9 Å². The summed E-state index contributed by atoms with van der Waals surface area (Å²) in [5, 5.41) is 45.8. The zero-order valence-electron chi connectivity index (χ0n) is 38.6. The van der Waals surface area contributed by atoms with Gasteiger partial charge in [0.1, 0.15) is 26.9 Å². The number of rotatable bonds is 4. The van der Waals surface area contributed by atoms with Gasteiger partial charge in [-0.1, -0.05) is 36.4 Å². The van der Waals surface area contributed by atoms with Gasteiger partial charge in [-0.15, -0.1) is 22.1 Å². The van der Waals surface area contributed by atoms with Crippen LogP contribution in [-0.4, -0.2) is 39.0 Å². The summed E-state index contributed by atoms with van der Waals surface area (Å²) in [5.41, 5.74) is 14.0. The van der Waals surface area contributed by atoms with E-state index < -0.39 is 23.9 Å². The maximum Gasteiger partial charge on any atom is 3.00 e. The smallest absolute Gasteiger partial charge is 0.657 e. The van der Waals surface area contributed by atoms with Crippen LogP contribution in [-0.2, 0) is 57.4 Å². The summed E-state index contributed by atoms with van der Waals surface area (Å²) >= 11 is 0. The number of hydrogen-bond donors (Lipinski definition) is 1. The summed E-state index contributed by atoms with van der Waals surface area (Å²) in [6.07, 6.45) is 20.5. The Morgan fingerprint density at radius 1 is 0.406 bits per heavy atom. The molecule has 0 amide bonds. The molecule has 16 nitrogen and oxygen atoms in total. The summed E-state index contributed by atoms with van der Waals surface area (Å²) in [7, 11) is 6.03. The molecule has 0 aliphatic carbocycles. The van der Waals surface area contributed by atoms with Gasteiger partial charge < -0.3 is 54.7 Å². The van der Waals surface area contributed by atoms with Crippen LogP contribution in [0.15, 0.2) is 122 Å². The monoisotopic (exact) mass is 967 g/mol. The van der Waals surface area contributed by atoms with Crippen LogP contribution in [0.2, 0.25) is 0 Å². The van der Waals surface area contributed by atoms with E-state index in [1.807, 2.05) is 96.3 Å². The molecule has 0 saturated carbocycles. The van der Waals surface area contributed by atoms with Gasteiger partial charge in [0, 0.05) is 60.3 Å². The van der Waals surface area contributed by atoms with E-state index in [2.05, 4.69) is 72.8 Å². The predicted octanol–water partition coefficient (Wildman–Crippen LogP) is 1.78. The molecule has 0 radical (unpaired) electrons. The largest absolute Gasteiger partial charge is 3.00 e. The van der Waals surface area contributed by atoms with Crippen LogP contribution in [0.1, 0.15) is 50.5 Å². The Labute approximate surface area is 408 Å². The zero-order valence-corrected chi connectivity index (χ0v) is 39.8. The molecule has 7 aromatic rings. The molecule has 2 aliphatic rings. The molecule has 69 heavy (non-hydrogen) atoms. The van der Waals surface area contributed by atoms with Gasteiger partial charge in [-0.3, -0.25) is 0 Å². The molecule has 350 valence electrons. The van der Waals surface area contributed by atoms with Crippen molar-refractivity contribution in [3.63, 3.8) is 0 Å². The fourth-order valence-corrected chi connectivity index (χ4v) is 6.90. The van der Waals surface area contributed by atoms with Crippen LogP contribution in [0, 0.1) is 0 Å². The number of phenols is 1. The van der Waals surface area contributed by atoms with E-state index in [1.165, 1.54) is 0 Å². The van der Waals surface area contributed by atoms with Gasteiger partial charge in [0.25, 0.3) is 0 Å². The van der Waals surface area contributed by atoms with E-state index in [0.29, 0.717) is 0 Å². The van der Waals surface area contributed by atoms with Crippen LogP contribution < -0.4 is 44.1 Å². The molecule has 2 aliphatic heterocycles. The first kappa shape index (κ1) is 53.1. The van der Waals surface area contributed by atoms with E-state index in [-0.39, 0.29) is 22.8 Å². The number of aromatic nitrogens is 7. The molecule has 0 saturated heterocycles. The zero-order chi connectivity index (χ0) is 49.7. The van der Waals surface area contributed by atoms with Crippen LogP contribution in [0.3, 0.4) is 0 Å². The second-order valence-corrected chi connectivity index (χ2v) is 15.1. The van der Waals surface area contributed by atoms with Crippen LogP contribution in [0.5, 0.6) is 5.75 Å². The van der Waals surface area contributed by atoms with Gasteiger partial charge >= 0.3 is 17.1 Å². The summed E-state index contributed by atoms with van der Waals surface area (Å²) in [5.74, 6) is -4.14. The molecule has 0 spiro atoms. The third-order valence-corrected chi connectivity index (χ3v) is 9.57. The first-order valence-corrected chi connectivity index (χ1v) is 20.7. The van der Waals surface area contributed by atoms with Crippen molar-refractivity contribution in [2.75, 3.05) is 0 Å². The SMILES string of the molecule is CC(=O)[O-].CC(=O)[O-].CC(=O)[O-].CC(=O)[O-].C[n+]1ccc(-c2c3nc(c(-c4cc[n+](C)cc4)c4ccc([n-]4)c(-c4cc[n+](C)cc4)c4nc(c(-c5ccc(O)cc5)c5ccc2[n-]5)C=C4)C=C3)cc1.[Mn+3]. The van der Waals surface area contributed by atoms with Crippen molar-refractivity contribution in [1.29, 1.82) is 0 Å². The van der Waals surface area contributed by atoms with Gasteiger partial charge in [0.15, 0.2) is 37.2 Å². The average Bonchev–Trinajstić information content (AvgIpc) is 4.11. The van der Waals surface area contributed by atoms with Crippen LogP contribution in [0.4, 0.5) is 0 Å². The van der Waals surface area contributed by atoms with Gasteiger partial charge in [0.2, 0.25) is 0 Å². The Morgan fingerprint density at radius 2 is 0.609 bits per heavy atom. The van der Waals surface area contributed by atoms with Crippen molar-refractivity contribution in [2.24, 2.45) is 21.1 Å². The standard InChI is InChI=1S/C44H33N7O.4C2H4O2.Mn/c1-49-22-16-29(17-23-49)42-35-10-8-33(45-35)41(28-4-6-32(52)7-5-28)34-9-11-36(46-34)43(30-18-24-50(2)25-19-30)38-13-15-40(48-38)44(39-14-12-37(42)47-39)31-20-26-51(3)27-21-31;4*1-2(3)4;/h4-27H,1-3H3;4*1H3,(H,3,4);/q;;;;;+3/p-3. The van der Waals surface area contributed by atoms with Crippen molar-refractivity contribution < 1.29 is 75.5 Å². The summed E-state index contributed by atoms with van der Waals surface area (Å²) in [6, 6.07) is 28.1. The molecule has 8 bridgehead atoms. The molecule has 0 fully saturated rings. The second-order valence-electron chi connectivity index (χ2n) is 15.1. The number of carbonyl (C=O) groups excluding carboxylic acids is 4. The fourth-order valence-electron chi connectivity index (χ4n) is 6.90. The van der Waals surface area contributed by atoms with E-state index >= 15 is 0 Å². The summed E-state index contributed by atoms with van der Waals surface area (Å²) < 4.78 is 6.06. The van der Waals surface area contributed by atoms with E-state index in [4.69, 9.17) is 59.5 Å². The van der Waals surface area contributed by atoms with Crippen molar-refractivity contribution in [3.05, 3.63) is 145 Å². The number of carboxylic acids is 4. The van der Waals surface area contributed by atoms with Gasteiger partial charge in [-0.2, -0.15) is 0 Å². The van der Waals surface area contributed by atoms with Gasteiger partial charge in [-0.05, 0) is 109 Å². The number of phenolic OH excluding ortho intramolecular Hbond substituents is 1. The molecular weight excluding hydrogens is 922 g/mol. The van der Waals surface area contributed by atoms with Crippen molar-refractivity contribution >= 4 is 70.2 Å². The molecular formula is C52H46MnN7O9. The number of carbonyl (C=O) groups is 4. The predicted molar refractivity (Wildman–Crippen MR) is 246 cm³/mol. The topological polar surface area (TPSA) is 246 Å². The number of nitrogens with zero attached hydrogens (tertiary/aromatic N) is 7. The average molecular weight is 968 g/mol. The van der Waals surface area contributed by atoms with Gasteiger partial charge in [-0.25, -0.2) is 23.7 Å². The Morgan fingerprint density at radius 3 is 0.826 bits per heavy atom. The number of aliphatic carboxylic acids is 4. The fraction of sp³-hybridized carbons (Fsp3) is 0.135. The summed E-state index contributed by atoms with van der Waals surface area (Å²) in [4.78, 5) is 56.8. The normalized spacial score (nSPS) is 10.5. The number of aromatic hydroxyl groups is 1. The minimum Gasteiger partial charge on any atom is -0.657 e. The van der Waals surface area contributed by atoms with Crippen LogP contribution in [0.25, 0.3) is 90.9 Å². The third-order valence-electron chi connectivity index (χ3n) is 9.57. The molecule has 17 heteroatoms. The second kappa shape index (κ2) is 24.3. The molecule has 6 aromatic heterocycles. The van der Waals surface area contributed by atoms with Crippen LogP contribution >= 0.6 is 0 Å². The minimum absolute atomic E-state index is 0. The van der Waals surface area contributed by atoms with E-state index in [1.54, 1.807) is 12.1 Å². The number of pyridine rings is 3. The molecule has 0 unspecified atom stereocenters. The maximum absolute atomic E-state index is 10.2. The maximum atomic E-state index is 10.2. The van der Waals surface area contributed by atoms with Crippen molar-refractivity contribution in [3.8, 4) is 50.3 Å². The number of fused-ring (bicyclic) bond motifs is 8. The molecule has 0 atom stereocenters. The molecule has 8 heterocycles. The minimum atomic E-state index is -1.08. The number of carboxylic acid groups (broad SMARTS) is 4. The molecule has 1 N–H and O–H groups in total. The molecule has 1 aromatic carbocycles. The van der Waals surface area contributed by atoms with Gasteiger partial charge in [0.05, 0.1) is 22.8 Å². The Hall–Kier alpha value is -8.53. The van der Waals surface area contributed by atoms with E-state index in [9.17, 15) is 5.11 Å².